The van der Waals surface area contributed by atoms with E-state index in [1.54, 1.807) is 7.11 Å². The number of ether oxygens (including phenoxy) is 2. The van der Waals surface area contributed by atoms with Gasteiger partial charge >= 0.3 is 5.97 Å². The van der Waals surface area contributed by atoms with Crippen molar-refractivity contribution < 1.29 is 19.4 Å². The van der Waals surface area contributed by atoms with Gasteiger partial charge < -0.3 is 14.6 Å². The first-order valence-corrected chi connectivity index (χ1v) is 8.57. The van der Waals surface area contributed by atoms with E-state index in [0.29, 0.717) is 25.1 Å². The van der Waals surface area contributed by atoms with Crippen LogP contribution in [-0.2, 0) is 16.1 Å². The zero-order valence-corrected chi connectivity index (χ0v) is 16.0. The molecule has 1 aromatic rings. The van der Waals surface area contributed by atoms with Gasteiger partial charge in [0.05, 0.1) is 19.8 Å². The highest BCUT2D eigenvalue weighted by Crippen LogP contribution is 2.16. The van der Waals surface area contributed by atoms with E-state index in [1.807, 2.05) is 56.9 Å². The van der Waals surface area contributed by atoms with E-state index in [0.717, 1.165) is 11.3 Å². The summed E-state index contributed by atoms with van der Waals surface area (Å²) >= 11 is 0. The topological polar surface area (TPSA) is 59.0 Å². The van der Waals surface area contributed by atoms with Gasteiger partial charge in [-0.3, -0.25) is 9.69 Å². The molecule has 0 aliphatic heterocycles. The Labute approximate surface area is 151 Å². The van der Waals surface area contributed by atoms with Crippen molar-refractivity contribution in [3.05, 3.63) is 42.0 Å². The van der Waals surface area contributed by atoms with E-state index in [1.165, 1.54) is 0 Å². The molecule has 0 spiro atoms. The molecule has 25 heavy (non-hydrogen) atoms. The molecule has 1 atom stereocenters. The Bertz CT molecular complexity index is 560. The standard InChI is InChI=1S/C20H31NO4/c1-7-18(22)15(2)12-21(14-19(23)25-20(3,4)5)13-16-8-10-17(24-6)11-9-16/h8-11,18,22H,2,7,12-14H2,1,3-6H3/t18-/m0/s1. The zero-order chi connectivity index (χ0) is 19.0. The predicted molar refractivity (Wildman–Crippen MR) is 99.6 cm³/mol. The first kappa shape index (κ1) is 21.2. The molecule has 0 radical (unpaired) electrons. The van der Waals surface area contributed by atoms with Gasteiger partial charge in [0.25, 0.3) is 0 Å². The lowest BCUT2D eigenvalue weighted by molar-refractivity contribution is -0.156. The number of nitrogens with zero attached hydrogens (tertiary/aromatic N) is 1. The lowest BCUT2D eigenvalue weighted by atomic mass is 10.1. The molecule has 0 saturated carbocycles. The molecular weight excluding hydrogens is 318 g/mol. The maximum Gasteiger partial charge on any atom is 0.320 e. The summed E-state index contributed by atoms with van der Waals surface area (Å²) in [5.41, 5.74) is 1.21. The Morgan fingerprint density at radius 1 is 1.24 bits per heavy atom. The smallest absolute Gasteiger partial charge is 0.320 e. The number of aliphatic hydroxyl groups is 1. The highest BCUT2D eigenvalue weighted by atomic mass is 16.6. The van der Waals surface area contributed by atoms with Gasteiger partial charge in [-0.1, -0.05) is 25.6 Å². The summed E-state index contributed by atoms with van der Waals surface area (Å²) in [4.78, 5) is 14.1. The number of benzene rings is 1. The number of rotatable bonds is 9. The van der Waals surface area contributed by atoms with Gasteiger partial charge in [-0.2, -0.15) is 0 Å². The summed E-state index contributed by atoms with van der Waals surface area (Å²) in [6, 6.07) is 7.69. The Morgan fingerprint density at radius 2 is 1.84 bits per heavy atom. The minimum atomic E-state index is -0.572. The normalized spacial score (nSPS) is 12.8. The number of carbonyl (C=O) groups is 1. The fourth-order valence-electron chi connectivity index (χ4n) is 2.39. The minimum Gasteiger partial charge on any atom is -0.497 e. The molecule has 5 nitrogen and oxygen atoms in total. The number of carbonyl (C=O) groups excluding carboxylic acids is 1. The number of esters is 1. The molecule has 0 aliphatic carbocycles. The first-order valence-electron chi connectivity index (χ1n) is 8.57. The van der Waals surface area contributed by atoms with E-state index in [-0.39, 0.29) is 12.5 Å². The molecule has 0 aliphatic rings. The fourth-order valence-corrected chi connectivity index (χ4v) is 2.39. The zero-order valence-electron chi connectivity index (χ0n) is 16.0. The molecule has 1 aromatic carbocycles. The Hall–Kier alpha value is -1.85. The van der Waals surface area contributed by atoms with Gasteiger partial charge in [-0.05, 0) is 50.5 Å². The van der Waals surface area contributed by atoms with Crippen LogP contribution in [0.3, 0.4) is 0 Å². The van der Waals surface area contributed by atoms with Crippen molar-refractivity contribution in [2.45, 2.75) is 52.4 Å². The van der Waals surface area contributed by atoms with E-state index in [9.17, 15) is 9.90 Å². The summed E-state index contributed by atoms with van der Waals surface area (Å²) < 4.78 is 10.6. The van der Waals surface area contributed by atoms with E-state index in [4.69, 9.17) is 9.47 Å². The van der Waals surface area contributed by atoms with Crippen LogP contribution in [0.5, 0.6) is 5.75 Å². The maximum atomic E-state index is 12.2. The van der Waals surface area contributed by atoms with Crippen molar-refractivity contribution in [3.63, 3.8) is 0 Å². The van der Waals surface area contributed by atoms with Crippen LogP contribution in [-0.4, -0.2) is 47.9 Å². The van der Waals surface area contributed by atoms with Crippen LogP contribution < -0.4 is 4.74 Å². The fraction of sp³-hybridized carbons (Fsp3) is 0.550. The highest BCUT2D eigenvalue weighted by molar-refractivity contribution is 5.72. The van der Waals surface area contributed by atoms with Crippen molar-refractivity contribution in [2.75, 3.05) is 20.2 Å². The second-order valence-electron chi connectivity index (χ2n) is 7.16. The molecule has 0 aromatic heterocycles. The summed E-state index contributed by atoms with van der Waals surface area (Å²) in [7, 11) is 1.62. The molecule has 0 bridgehead atoms. The third-order valence-electron chi connectivity index (χ3n) is 3.62. The quantitative estimate of drug-likeness (QED) is 0.548. The summed E-state index contributed by atoms with van der Waals surface area (Å²) in [6.45, 7) is 12.5. The van der Waals surface area contributed by atoms with Gasteiger partial charge in [0.2, 0.25) is 0 Å². The van der Waals surface area contributed by atoms with E-state index < -0.39 is 11.7 Å². The van der Waals surface area contributed by atoms with Crippen molar-refractivity contribution in [1.82, 2.24) is 4.90 Å². The average molecular weight is 349 g/mol. The molecule has 5 heteroatoms. The van der Waals surface area contributed by atoms with Crippen LogP contribution in [0, 0.1) is 0 Å². The van der Waals surface area contributed by atoms with Crippen LogP contribution in [0.15, 0.2) is 36.4 Å². The Morgan fingerprint density at radius 3 is 2.32 bits per heavy atom. The number of hydrogen-bond acceptors (Lipinski definition) is 5. The monoisotopic (exact) mass is 349 g/mol. The van der Waals surface area contributed by atoms with Crippen LogP contribution in [0.2, 0.25) is 0 Å². The molecule has 0 heterocycles. The summed E-state index contributed by atoms with van der Waals surface area (Å²) in [5.74, 6) is 0.494. The first-order chi connectivity index (χ1) is 11.6. The van der Waals surface area contributed by atoms with Crippen molar-refractivity contribution in [1.29, 1.82) is 0 Å². The van der Waals surface area contributed by atoms with Gasteiger partial charge in [-0.25, -0.2) is 0 Å². The average Bonchev–Trinajstić information content (AvgIpc) is 2.52. The molecular formula is C20H31NO4. The molecule has 140 valence electrons. The van der Waals surface area contributed by atoms with E-state index in [2.05, 4.69) is 6.58 Å². The summed E-state index contributed by atoms with van der Waals surface area (Å²) in [5, 5.41) is 9.97. The van der Waals surface area contributed by atoms with Crippen LogP contribution in [0.25, 0.3) is 0 Å². The second kappa shape index (κ2) is 9.59. The lowest BCUT2D eigenvalue weighted by Gasteiger charge is -2.26. The molecule has 0 amide bonds. The van der Waals surface area contributed by atoms with Gasteiger partial charge in [-0.15, -0.1) is 0 Å². The summed E-state index contributed by atoms with van der Waals surface area (Å²) in [6.07, 6.45) is 0.0266. The second-order valence-corrected chi connectivity index (χ2v) is 7.16. The highest BCUT2D eigenvalue weighted by Gasteiger charge is 2.20. The molecule has 0 unspecified atom stereocenters. The van der Waals surface area contributed by atoms with Crippen LogP contribution >= 0.6 is 0 Å². The molecule has 1 N–H and O–H groups in total. The van der Waals surface area contributed by atoms with E-state index >= 15 is 0 Å². The molecule has 0 saturated heterocycles. The SMILES string of the molecule is C=C(CN(CC(=O)OC(C)(C)C)Cc1ccc(OC)cc1)[C@@H](O)CC. The van der Waals surface area contributed by atoms with Crippen LogP contribution in [0.1, 0.15) is 39.7 Å². The largest absolute Gasteiger partial charge is 0.497 e. The maximum absolute atomic E-state index is 12.2. The third kappa shape index (κ3) is 8.18. The molecule has 1 rings (SSSR count). The molecule has 0 fully saturated rings. The van der Waals surface area contributed by atoms with Crippen molar-refractivity contribution >= 4 is 5.97 Å². The lowest BCUT2D eigenvalue weighted by Crippen LogP contribution is -2.36. The van der Waals surface area contributed by atoms with Gasteiger partial charge in [0.1, 0.15) is 11.4 Å². The van der Waals surface area contributed by atoms with Crippen molar-refractivity contribution in [2.24, 2.45) is 0 Å². The van der Waals surface area contributed by atoms with Crippen molar-refractivity contribution in [3.8, 4) is 5.75 Å². The van der Waals surface area contributed by atoms with Gasteiger partial charge in [0, 0.05) is 13.1 Å². The number of methoxy groups -OCH3 is 1. The predicted octanol–water partition coefficient (Wildman–Crippen LogP) is 3.17. The Balaban J connectivity index is 2.82. The minimum absolute atomic E-state index is 0.138. The third-order valence-corrected chi connectivity index (χ3v) is 3.62. The van der Waals surface area contributed by atoms with Crippen LogP contribution in [0.4, 0.5) is 0 Å². The number of aliphatic hydroxyl groups excluding tert-OH is 1. The Kier molecular flexibility index (Phi) is 8.13. The van der Waals surface area contributed by atoms with Gasteiger partial charge in [0.15, 0.2) is 0 Å². The number of hydrogen-bond donors (Lipinski definition) is 1.